The first-order valence-electron chi connectivity index (χ1n) is 4.81. The lowest BCUT2D eigenvalue weighted by Crippen LogP contribution is -2.57. The maximum atomic E-state index is 11.3. The Balaban J connectivity index is 4.11. The molecule has 6 heteroatoms. The molecule has 15 heavy (non-hydrogen) atoms. The lowest BCUT2D eigenvalue weighted by Gasteiger charge is -2.28. The van der Waals surface area contributed by atoms with Gasteiger partial charge in [-0.2, -0.15) is 0 Å². The monoisotopic (exact) mass is 221 g/mol. The summed E-state index contributed by atoms with van der Waals surface area (Å²) in [7, 11) is 0. The summed E-state index contributed by atoms with van der Waals surface area (Å²) >= 11 is 0. The Morgan fingerprint density at radius 3 is 2.07 bits per heavy atom. The Morgan fingerprint density at radius 2 is 1.73 bits per heavy atom. The minimum absolute atomic E-state index is 0.0828. The van der Waals surface area contributed by atoms with Gasteiger partial charge in [-0.05, 0) is 13.3 Å². The molecule has 90 valence electrons. The van der Waals surface area contributed by atoms with Gasteiger partial charge in [0.2, 0.25) is 5.91 Å². The normalized spacial score (nSPS) is 13.7. The molecule has 1 amide bonds. The van der Waals surface area contributed by atoms with Gasteiger partial charge in [0.05, 0.1) is 25.9 Å². The molecule has 0 fully saturated rings. The van der Waals surface area contributed by atoms with E-state index in [-0.39, 0.29) is 6.42 Å². The lowest BCUT2D eigenvalue weighted by atomic mass is 10.0. The number of amides is 1. The molecule has 0 aromatic rings. The number of aliphatic hydroxyl groups excluding tert-OH is 4. The Bertz CT molecular complexity index is 183. The largest absolute Gasteiger partial charge is 0.394 e. The maximum absolute atomic E-state index is 11.3. The molecule has 0 spiro atoms. The molecule has 0 aliphatic rings. The molecule has 0 aliphatic carbocycles. The van der Waals surface area contributed by atoms with E-state index in [1.807, 2.05) is 0 Å². The summed E-state index contributed by atoms with van der Waals surface area (Å²) in [5.41, 5.74) is -1.38. The quantitative estimate of drug-likeness (QED) is 0.341. The third kappa shape index (κ3) is 5.08. The summed E-state index contributed by atoms with van der Waals surface area (Å²) in [6.45, 7) is -0.0636. The highest BCUT2D eigenvalue weighted by atomic mass is 16.3. The van der Waals surface area contributed by atoms with Crippen LogP contribution in [0.15, 0.2) is 0 Å². The second-order valence-electron chi connectivity index (χ2n) is 3.69. The van der Waals surface area contributed by atoms with E-state index in [4.69, 9.17) is 20.4 Å². The fourth-order valence-electron chi connectivity index (χ4n) is 0.967. The van der Waals surface area contributed by atoms with Gasteiger partial charge in [-0.25, -0.2) is 0 Å². The minimum Gasteiger partial charge on any atom is -0.394 e. The average molecular weight is 221 g/mol. The first kappa shape index (κ1) is 14.3. The van der Waals surface area contributed by atoms with Gasteiger partial charge in [0.1, 0.15) is 5.54 Å². The summed E-state index contributed by atoms with van der Waals surface area (Å²) < 4.78 is 0. The Morgan fingerprint density at radius 1 is 1.27 bits per heavy atom. The average Bonchev–Trinajstić information content (AvgIpc) is 2.23. The first-order chi connectivity index (χ1) is 6.99. The molecule has 0 aliphatic heterocycles. The van der Waals surface area contributed by atoms with Crippen molar-refractivity contribution in [2.75, 3.05) is 19.8 Å². The Labute approximate surface area is 88.5 Å². The number of carbonyl (C=O) groups excluding carboxylic acids is 1. The number of hydrogen-bond donors (Lipinski definition) is 5. The summed E-state index contributed by atoms with van der Waals surface area (Å²) in [6, 6.07) is 0. The predicted molar refractivity (Wildman–Crippen MR) is 53.0 cm³/mol. The molecular weight excluding hydrogens is 202 g/mol. The van der Waals surface area contributed by atoms with Gasteiger partial charge in [0.15, 0.2) is 0 Å². The van der Waals surface area contributed by atoms with Crippen LogP contribution >= 0.6 is 0 Å². The van der Waals surface area contributed by atoms with Crippen LogP contribution in [0.2, 0.25) is 0 Å². The lowest BCUT2D eigenvalue weighted by molar-refractivity contribution is -0.125. The SMILES string of the molecule is CC(O)CCC(=O)NC(CO)(CO)CO. The molecule has 5 N–H and O–H groups in total. The molecule has 6 nitrogen and oxygen atoms in total. The van der Waals surface area contributed by atoms with Crippen LogP contribution in [0.3, 0.4) is 0 Å². The summed E-state index contributed by atoms with van der Waals surface area (Å²) in [5, 5.41) is 38.0. The van der Waals surface area contributed by atoms with Crippen molar-refractivity contribution in [2.45, 2.75) is 31.4 Å². The molecule has 1 atom stereocenters. The standard InChI is InChI=1S/C9H19NO5/c1-7(14)2-3-8(15)10-9(4-11,5-12)6-13/h7,11-14H,2-6H2,1H3,(H,10,15). The second kappa shape index (κ2) is 6.73. The van der Waals surface area contributed by atoms with Crippen molar-refractivity contribution in [3.05, 3.63) is 0 Å². The maximum Gasteiger partial charge on any atom is 0.220 e. The highest BCUT2D eigenvalue weighted by molar-refractivity contribution is 5.76. The van der Waals surface area contributed by atoms with Crippen LogP contribution in [0.1, 0.15) is 19.8 Å². The number of aliphatic hydroxyl groups is 4. The zero-order valence-corrected chi connectivity index (χ0v) is 8.81. The molecule has 0 bridgehead atoms. The van der Waals surface area contributed by atoms with E-state index in [1.54, 1.807) is 6.92 Å². The third-order valence-electron chi connectivity index (χ3n) is 2.10. The Kier molecular flexibility index (Phi) is 6.42. The molecular formula is C9H19NO5. The van der Waals surface area contributed by atoms with E-state index in [0.29, 0.717) is 6.42 Å². The highest BCUT2D eigenvalue weighted by Gasteiger charge is 2.29. The van der Waals surface area contributed by atoms with Crippen LogP contribution in [0, 0.1) is 0 Å². The fraction of sp³-hybridized carbons (Fsp3) is 0.889. The van der Waals surface area contributed by atoms with Crippen LogP contribution in [0.25, 0.3) is 0 Å². The van der Waals surface area contributed by atoms with Crippen LogP contribution in [0.4, 0.5) is 0 Å². The first-order valence-corrected chi connectivity index (χ1v) is 4.81. The molecule has 0 aromatic heterocycles. The molecule has 0 aromatic carbocycles. The van der Waals surface area contributed by atoms with Crippen molar-refractivity contribution in [3.63, 3.8) is 0 Å². The Hall–Kier alpha value is -0.690. The number of carbonyl (C=O) groups is 1. The van der Waals surface area contributed by atoms with Crippen molar-refractivity contribution in [1.82, 2.24) is 5.32 Å². The molecule has 0 saturated heterocycles. The van der Waals surface area contributed by atoms with E-state index < -0.39 is 37.4 Å². The summed E-state index contributed by atoms with van der Waals surface area (Å²) in [4.78, 5) is 11.3. The second-order valence-corrected chi connectivity index (χ2v) is 3.69. The topological polar surface area (TPSA) is 110 Å². The molecule has 0 radical (unpaired) electrons. The molecule has 0 heterocycles. The minimum atomic E-state index is -1.38. The summed E-state index contributed by atoms with van der Waals surface area (Å²) in [5.74, 6) is -0.423. The van der Waals surface area contributed by atoms with Crippen LogP contribution in [-0.2, 0) is 4.79 Å². The highest BCUT2D eigenvalue weighted by Crippen LogP contribution is 2.04. The van der Waals surface area contributed by atoms with Gasteiger partial charge < -0.3 is 25.7 Å². The number of nitrogens with one attached hydrogen (secondary N) is 1. The van der Waals surface area contributed by atoms with Gasteiger partial charge >= 0.3 is 0 Å². The number of rotatable bonds is 7. The van der Waals surface area contributed by atoms with Gasteiger partial charge in [-0.15, -0.1) is 0 Å². The van der Waals surface area contributed by atoms with E-state index in [9.17, 15) is 4.79 Å². The third-order valence-corrected chi connectivity index (χ3v) is 2.10. The van der Waals surface area contributed by atoms with E-state index in [2.05, 4.69) is 5.32 Å². The van der Waals surface area contributed by atoms with Gasteiger partial charge in [-0.1, -0.05) is 0 Å². The van der Waals surface area contributed by atoms with Crippen LogP contribution in [-0.4, -0.2) is 57.8 Å². The van der Waals surface area contributed by atoms with E-state index >= 15 is 0 Å². The van der Waals surface area contributed by atoms with Crippen molar-refractivity contribution >= 4 is 5.91 Å². The molecule has 1 unspecified atom stereocenters. The van der Waals surface area contributed by atoms with Crippen molar-refractivity contribution < 1.29 is 25.2 Å². The van der Waals surface area contributed by atoms with Gasteiger partial charge in [0, 0.05) is 6.42 Å². The smallest absolute Gasteiger partial charge is 0.220 e. The predicted octanol–water partition coefficient (Wildman–Crippen LogP) is -2.02. The van der Waals surface area contributed by atoms with Gasteiger partial charge in [0.25, 0.3) is 0 Å². The molecule has 0 saturated carbocycles. The zero-order valence-electron chi connectivity index (χ0n) is 8.81. The van der Waals surface area contributed by atoms with Crippen molar-refractivity contribution in [1.29, 1.82) is 0 Å². The van der Waals surface area contributed by atoms with E-state index in [0.717, 1.165) is 0 Å². The van der Waals surface area contributed by atoms with Crippen molar-refractivity contribution in [3.8, 4) is 0 Å². The fourth-order valence-corrected chi connectivity index (χ4v) is 0.967. The van der Waals surface area contributed by atoms with Crippen LogP contribution < -0.4 is 5.32 Å². The zero-order chi connectivity index (χ0) is 11.9. The van der Waals surface area contributed by atoms with E-state index in [1.165, 1.54) is 0 Å². The number of hydrogen-bond acceptors (Lipinski definition) is 5. The van der Waals surface area contributed by atoms with Crippen LogP contribution in [0.5, 0.6) is 0 Å². The van der Waals surface area contributed by atoms with Crippen molar-refractivity contribution in [2.24, 2.45) is 0 Å². The summed E-state index contributed by atoms with van der Waals surface area (Å²) in [6.07, 6.45) is -0.202. The van der Waals surface area contributed by atoms with Gasteiger partial charge in [-0.3, -0.25) is 4.79 Å². The molecule has 0 rings (SSSR count).